The summed E-state index contributed by atoms with van der Waals surface area (Å²) in [6, 6.07) is 14.0. The first-order valence-electron chi connectivity index (χ1n) is 8.21. The van der Waals surface area contributed by atoms with Crippen LogP contribution in [0, 0.1) is 5.82 Å². The molecule has 0 fully saturated rings. The Hall–Kier alpha value is -3.00. The maximum atomic E-state index is 12.9. The fourth-order valence-electron chi connectivity index (χ4n) is 2.73. The Morgan fingerprint density at radius 2 is 1.81 bits per heavy atom. The first-order chi connectivity index (χ1) is 12.9. The monoisotopic (exact) mass is 387 g/mol. The number of anilines is 1. The van der Waals surface area contributed by atoms with Crippen molar-refractivity contribution in [2.75, 3.05) is 23.7 Å². The van der Waals surface area contributed by atoms with Crippen molar-refractivity contribution in [2.45, 2.75) is 0 Å². The number of pyridine rings is 1. The number of halogens is 1. The van der Waals surface area contributed by atoms with Gasteiger partial charge in [0.2, 0.25) is 10.0 Å². The highest BCUT2D eigenvalue weighted by Crippen LogP contribution is 2.26. The summed E-state index contributed by atoms with van der Waals surface area (Å²) < 4.78 is 38.8. The van der Waals surface area contributed by atoms with Gasteiger partial charge in [-0.2, -0.15) is 0 Å². The van der Waals surface area contributed by atoms with Gasteiger partial charge in [0.1, 0.15) is 5.82 Å². The average Bonchev–Trinajstić information content (AvgIpc) is 2.64. The molecule has 0 saturated carbocycles. The highest BCUT2D eigenvalue weighted by atomic mass is 32.2. The summed E-state index contributed by atoms with van der Waals surface area (Å²) >= 11 is 0. The Balaban J connectivity index is 1.78. The number of nitrogens with one attached hydrogen (secondary N) is 1. The van der Waals surface area contributed by atoms with E-state index in [0.717, 1.165) is 11.6 Å². The van der Waals surface area contributed by atoms with Crippen LogP contribution in [-0.2, 0) is 10.0 Å². The van der Waals surface area contributed by atoms with E-state index in [9.17, 15) is 17.6 Å². The first kappa shape index (κ1) is 18.8. The Morgan fingerprint density at radius 3 is 2.52 bits per heavy atom. The molecule has 1 aromatic heterocycles. The van der Waals surface area contributed by atoms with Crippen LogP contribution in [0.2, 0.25) is 0 Å². The molecule has 1 N–H and O–H groups in total. The van der Waals surface area contributed by atoms with Gasteiger partial charge in [-0.3, -0.25) is 14.1 Å². The molecule has 2 aromatic carbocycles. The topological polar surface area (TPSA) is 79.4 Å². The van der Waals surface area contributed by atoms with Gasteiger partial charge in [-0.25, -0.2) is 12.8 Å². The van der Waals surface area contributed by atoms with Crippen molar-refractivity contribution in [2.24, 2.45) is 0 Å². The molecular weight excluding hydrogens is 369 g/mol. The molecule has 8 heteroatoms. The smallest absolute Gasteiger partial charge is 0.251 e. The summed E-state index contributed by atoms with van der Waals surface area (Å²) in [5, 5.41) is 3.47. The van der Waals surface area contributed by atoms with Crippen LogP contribution < -0.4 is 9.62 Å². The largest absolute Gasteiger partial charge is 0.350 e. The molecule has 0 bridgehead atoms. The van der Waals surface area contributed by atoms with Crippen molar-refractivity contribution < 1.29 is 17.6 Å². The fourth-order valence-corrected chi connectivity index (χ4v) is 3.66. The van der Waals surface area contributed by atoms with Crippen molar-refractivity contribution in [3.63, 3.8) is 0 Å². The second-order valence-electron chi connectivity index (χ2n) is 5.95. The van der Waals surface area contributed by atoms with Gasteiger partial charge < -0.3 is 5.32 Å². The van der Waals surface area contributed by atoms with E-state index in [1.54, 1.807) is 24.4 Å². The van der Waals surface area contributed by atoms with E-state index in [1.165, 1.54) is 28.6 Å². The number of sulfonamides is 1. The number of hydrogen-bond donors (Lipinski definition) is 1. The van der Waals surface area contributed by atoms with Crippen molar-refractivity contribution in [1.29, 1.82) is 0 Å². The van der Waals surface area contributed by atoms with Crippen LogP contribution in [-0.4, -0.2) is 38.7 Å². The van der Waals surface area contributed by atoms with Gasteiger partial charge in [-0.1, -0.05) is 18.2 Å². The van der Waals surface area contributed by atoms with Crippen molar-refractivity contribution >= 4 is 32.5 Å². The van der Waals surface area contributed by atoms with Crippen LogP contribution in [0.4, 0.5) is 10.1 Å². The van der Waals surface area contributed by atoms with Gasteiger partial charge in [0, 0.05) is 23.7 Å². The molecule has 0 aliphatic rings. The van der Waals surface area contributed by atoms with E-state index in [1.807, 2.05) is 12.1 Å². The third-order valence-electron chi connectivity index (χ3n) is 3.99. The molecule has 6 nitrogen and oxygen atoms in total. The van der Waals surface area contributed by atoms with Crippen molar-refractivity contribution in [3.05, 3.63) is 72.2 Å². The molecule has 0 atom stereocenters. The summed E-state index contributed by atoms with van der Waals surface area (Å²) in [6.07, 6.45) is 2.71. The van der Waals surface area contributed by atoms with Gasteiger partial charge in [0.05, 0.1) is 24.0 Å². The second kappa shape index (κ2) is 7.71. The Kier molecular flexibility index (Phi) is 5.36. The predicted octanol–water partition coefficient (Wildman–Crippen LogP) is 2.57. The third-order valence-corrected chi connectivity index (χ3v) is 5.17. The van der Waals surface area contributed by atoms with E-state index in [0.29, 0.717) is 16.8 Å². The molecule has 0 saturated heterocycles. The zero-order valence-electron chi connectivity index (χ0n) is 14.6. The molecule has 0 aliphatic heterocycles. The number of hydrogen-bond acceptors (Lipinski definition) is 4. The van der Waals surface area contributed by atoms with Crippen LogP contribution >= 0.6 is 0 Å². The van der Waals surface area contributed by atoms with E-state index >= 15 is 0 Å². The summed E-state index contributed by atoms with van der Waals surface area (Å²) in [7, 11) is -3.59. The second-order valence-corrected chi connectivity index (χ2v) is 7.86. The minimum atomic E-state index is -3.59. The van der Waals surface area contributed by atoms with Crippen LogP contribution in [0.3, 0.4) is 0 Å². The highest BCUT2D eigenvalue weighted by molar-refractivity contribution is 7.92. The van der Waals surface area contributed by atoms with Crippen LogP contribution in [0.1, 0.15) is 10.4 Å². The number of carbonyl (C=O) groups excluding carboxylic acids is 1. The molecular formula is C19H18FN3O3S. The van der Waals surface area contributed by atoms with Crippen LogP contribution in [0.25, 0.3) is 10.9 Å². The third kappa shape index (κ3) is 4.40. The highest BCUT2D eigenvalue weighted by Gasteiger charge is 2.20. The number of para-hydroxylation sites is 1. The van der Waals surface area contributed by atoms with Gasteiger partial charge in [0.15, 0.2) is 0 Å². The van der Waals surface area contributed by atoms with Gasteiger partial charge in [-0.15, -0.1) is 0 Å². The van der Waals surface area contributed by atoms with E-state index < -0.39 is 21.7 Å². The summed E-state index contributed by atoms with van der Waals surface area (Å²) in [4.78, 5) is 16.4. The minimum Gasteiger partial charge on any atom is -0.350 e. The fraction of sp³-hybridized carbons (Fsp3) is 0.158. The number of fused-ring (bicyclic) bond motifs is 1. The number of aromatic nitrogens is 1. The van der Waals surface area contributed by atoms with Gasteiger partial charge in [-0.05, 0) is 36.4 Å². The number of benzene rings is 2. The normalized spacial score (nSPS) is 11.3. The predicted molar refractivity (Wildman–Crippen MR) is 103 cm³/mol. The SMILES string of the molecule is CS(=O)(=O)N(CCNC(=O)c1ccc(F)cc1)c1cccc2cccnc12. The molecule has 3 rings (SSSR count). The Labute approximate surface area is 156 Å². The lowest BCUT2D eigenvalue weighted by Crippen LogP contribution is -2.38. The molecule has 1 heterocycles. The molecule has 3 aromatic rings. The lowest BCUT2D eigenvalue weighted by atomic mass is 10.2. The maximum Gasteiger partial charge on any atom is 0.251 e. The molecule has 27 heavy (non-hydrogen) atoms. The molecule has 1 amide bonds. The van der Waals surface area contributed by atoms with E-state index in [4.69, 9.17) is 0 Å². The van der Waals surface area contributed by atoms with Crippen LogP contribution in [0.15, 0.2) is 60.8 Å². The zero-order chi connectivity index (χ0) is 19.4. The lowest BCUT2D eigenvalue weighted by Gasteiger charge is -2.23. The maximum absolute atomic E-state index is 12.9. The molecule has 0 radical (unpaired) electrons. The van der Waals surface area contributed by atoms with Crippen molar-refractivity contribution in [3.8, 4) is 0 Å². The summed E-state index contributed by atoms with van der Waals surface area (Å²) in [5.41, 5.74) is 1.32. The summed E-state index contributed by atoms with van der Waals surface area (Å²) in [5.74, 6) is -0.835. The van der Waals surface area contributed by atoms with E-state index in [-0.39, 0.29) is 13.1 Å². The number of nitrogens with zero attached hydrogens (tertiary/aromatic N) is 2. The lowest BCUT2D eigenvalue weighted by molar-refractivity contribution is 0.0955. The molecule has 0 aliphatic carbocycles. The van der Waals surface area contributed by atoms with Crippen molar-refractivity contribution in [1.82, 2.24) is 10.3 Å². The Bertz CT molecular complexity index is 1060. The average molecular weight is 387 g/mol. The number of carbonyl (C=O) groups is 1. The van der Waals surface area contributed by atoms with E-state index in [2.05, 4.69) is 10.3 Å². The number of rotatable bonds is 6. The standard InChI is InChI=1S/C19H18FN3O3S/c1-27(25,26)23(17-6-2-4-14-5-3-11-21-18(14)17)13-12-22-19(24)15-7-9-16(20)10-8-15/h2-11H,12-13H2,1H3,(H,22,24). The molecule has 0 unspecified atom stereocenters. The quantitative estimate of drug-likeness (QED) is 0.705. The molecule has 0 spiro atoms. The number of amides is 1. The first-order valence-corrected chi connectivity index (χ1v) is 10.1. The Morgan fingerprint density at radius 1 is 1.11 bits per heavy atom. The minimum absolute atomic E-state index is 0.0431. The molecule has 140 valence electrons. The van der Waals surface area contributed by atoms with Gasteiger partial charge in [0.25, 0.3) is 5.91 Å². The van der Waals surface area contributed by atoms with Gasteiger partial charge >= 0.3 is 0 Å². The van der Waals surface area contributed by atoms with Crippen LogP contribution in [0.5, 0.6) is 0 Å². The zero-order valence-corrected chi connectivity index (χ0v) is 15.4. The summed E-state index contributed by atoms with van der Waals surface area (Å²) in [6.45, 7) is 0.133.